The van der Waals surface area contributed by atoms with Crippen LogP contribution in [0.2, 0.25) is 0 Å². The van der Waals surface area contributed by atoms with Crippen molar-refractivity contribution in [2.24, 2.45) is 0 Å². The van der Waals surface area contributed by atoms with Crippen LogP contribution in [-0.4, -0.2) is 41.6 Å². The number of nitrogens with one attached hydrogen (secondary N) is 1. The fourth-order valence-electron chi connectivity index (χ4n) is 1.85. The maximum atomic E-state index is 11.8. The van der Waals surface area contributed by atoms with Gasteiger partial charge in [0.15, 0.2) is 0 Å². The lowest BCUT2D eigenvalue weighted by Gasteiger charge is -2.24. The molecule has 0 aromatic heterocycles. The Labute approximate surface area is 129 Å². The van der Waals surface area contributed by atoms with Gasteiger partial charge in [0.05, 0.1) is 12.6 Å². The summed E-state index contributed by atoms with van der Waals surface area (Å²) in [5.74, 6) is -0.0389. The molecule has 20 heavy (non-hydrogen) atoms. The topological polar surface area (TPSA) is 52.6 Å². The van der Waals surface area contributed by atoms with Gasteiger partial charge in [0, 0.05) is 16.6 Å². The van der Waals surface area contributed by atoms with E-state index in [1.54, 1.807) is 0 Å². The largest absolute Gasteiger partial charge is 0.387 e. The van der Waals surface area contributed by atoms with Crippen molar-refractivity contribution in [3.05, 3.63) is 34.3 Å². The van der Waals surface area contributed by atoms with E-state index >= 15 is 0 Å². The minimum Gasteiger partial charge on any atom is -0.387 e. The van der Waals surface area contributed by atoms with Gasteiger partial charge < -0.3 is 10.4 Å². The minimum atomic E-state index is -0.601. The highest BCUT2D eigenvalue weighted by atomic mass is 79.9. The summed E-state index contributed by atoms with van der Waals surface area (Å²) >= 11 is 3.36. The molecule has 1 rings (SSSR count). The van der Waals surface area contributed by atoms with Crippen molar-refractivity contribution in [2.75, 3.05) is 20.1 Å². The average molecular weight is 343 g/mol. The average Bonchev–Trinajstić information content (AvgIpc) is 2.26. The molecule has 0 spiro atoms. The lowest BCUT2D eigenvalue weighted by molar-refractivity contribution is -0.123. The number of aliphatic hydroxyl groups excluding tert-OH is 1. The van der Waals surface area contributed by atoms with Crippen LogP contribution in [0.15, 0.2) is 28.7 Å². The third-order valence-corrected chi connectivity index (χ3v) is 3.20. The van der Waals surface area contributed by atoms with Crippen LogP contribution in [0.1, 0.15) is 32.4 Å². The second kappa shape index (κ2) is 7.20. The number of aliphatic hydroxyl groups is 1. The number of hydrogen-bond acceptors (Lipinski definition) is 3. The SMILES string of the molecule is CN(CC(=O)NC(C)(C)C)CC(O)c1ccc(Br)cc1. The molecule has 1 unspecified atom stereocenters. The molecule has 1 aromatic carbocycles. The molecular weight excluding hydrogens is 320 g/mol. The molecule has 0 bridgehead atoms. The number of hydrogen-bond donors (Lipinski definition) is 2. The third-order valence-electron chi connectivity index (χ3n) is 2.67. The molecule has 5 heteroatoms. The van der Waals surface area contributed by atoms with Crippen molar-refractivity contribution in [2.45, 2.75) is 32.4 Å². The first kappa shape index (κ1) is 17.1. The van der Waals surface area contributed by atoms with Gasteiger partial charge in [-0.25, -0.2) is 0 Å². The standard InChI is InChI=1S/C15H23BrN2O2/c1-15(2,3)17-14(20)10-18(4)9-13(19)11-5-7-12(16)8-6-11/h5-8,13,19H,9-10H2,1-4H3,(H,17,20). The van der Waals surface area contributed by atoms with Gasteiger partial charge in [0.1, 0.15) is 0 Å². The van der Waals surface area contributed by atoms with Crippen LogP contribution in [-0.2, 0) is 4.79 Å². The first-order valence-electron chi connectivity index (χ1n) is 6.60. The molecule has 0 aliphatic carbocycles. The van der Waals surface area contributed by atoms with Crippen molar-refractivity contribution in [3.63, 3.8) is 0 Å². The van der Waals surface area contributed by atoms with Gasteiger partial charge in [0.2, 0.25) is 5.91 Å². The lowest BCUT2D eigenvalue weighted by Crippen LogP contribution is -2.45. The molecule has 1 amide bonds. The van der Waals surface area contributed by atoms with Crippen molar-refractivity contribution in [1.29, 1.82) is 0 Å². The van der Waals surface area contributed by atoms with E-state index in [2.05, 4.69) is 21.2 Å². The summed E-state index contributed by atoms with van der Waals surface area (Å²) in [5, 5.41) is 13.0. The Morgan fingerprint density at radius 1 is 1.35 bits per heavy atom. The summed E-state index contributed by atoms with van der Waals surface area (Å²) in [6.45, 7) is 6.52. The summed E-state index contributed by atoms with van der Waals surface area (Å²) in [6.07, 6.45) is -0.601. The monoisotopic (exact) mass is 342 g/mol. The number of likely N-dealkylation sites (N-methyl/N-ethyl adjacent to an activating group) is 1. The van der Waals surface area contributed by atoms with E-state index in [0.29, 0.717) is 6.54 Å². The van der Waals surface area contributed by atoms with Crippen LogP contribution in [0.5, 0.6) is 0 Å². The number of nitrogens with zero attached hydrogens (tertiary/aromatic N) is 1. The Morgan fingerprint density at radius 3 is 2.40 bits per heavy atom. The van der Waals surface area contributed by atoms with Gasteiger partial charge in [-0.1, -0.05) is 28.1 Å². The van der Waals surface area contributed by atoms with Gasteiger partial charge in [-0.3, -0.25) is 9.69 Å². The molecule has 0 radical (unpaired) electrons. The van der Waals surface area contributed by atoms with Crippen LogP contribution in [0.4, 0.5) is 0 Å². The molecule has 0 aliphatic rings. The summed E-state index contributed by atoms with van der Waals surface area (Å²) in [6, 6.07) is 7.53. The van der Waals surface area contributed by atoms with Crippen LogP contribution in [0, 0.1) is 0 Å². The molecule has 1 aromatic rings. The number of amides is 1. The smallest absolute Gasteiger partial charge is 0.234 e. The molecule has 0 saturated carbocycles. The first-order valence-corrected chi connectivity index (χ1v) is 7.40. The summed E-state index contributed by atoms with van der Waals surface area (Å²) in [7, 11) is 1.82. The number of carbonyl (C=O) groups excluding carboxylic acids is 1. The highest BCUT2D eigenvalue weighted by Crippen LogP contribution is 2.17. The predicted molar refractivity (Wildman–Crippen MR) is 84.5 cm³/mol. The van der Waals surface area contributed by atoms with Gasteiger partial charge in [-0.2, -0.15) is 0 Å². The highest BCUT2D eigenvalue weighted by Gasteiger charge is 2.17. The van der Waals surface area contributed by atoms with Crippen LogP contribution in [0.25, 0.3) is 0 Å². The summed E-state index contributed by atoms with van der Waals surface area (Å²) in [4.78, 5) is 13.6. The Hall–Kier alpha value is -0.910. The summed E-state index contributed by atoms with van der Waals surface area (Å²) in [5.41, 5.74) is 0.610. The number of benzene rings is 1. The number of carbonyl (C=O) groups is 1. The molecule has 112 valence electrons. The molecule has 0 saturated heterocycles. The van der Waals surface area contributed by atoms with Crippen molar-refractivity contribution in [3.8, 4) is 0 Å². The highest BCUT2D eigenvalue weighted by molar-refractivity contribution is 9.10. The van der Waals surface area contributed by atoms with Gasteiger partial charge in [0.25, 0.3) is 0 Å². The van der Waals surface area contributed by atoms with Gasteiger partial charge >= 0.3 is 0 Å². The zero-order valence-corrected chi connectivity index (χ0v) is 14.1. The van der Waals surface area contributed by atoms with Crippen molar-refractivity contribution in [1.82, 2.24) is 10.2 Å². The zero-order chi connectivity index (χ0) is 15.3. The fraction of sp³-hybridized carbons (Fsp3) is 0.533. The Bertz CT molecular complexity index is 440. The molecule has 0 fully saturated rings. The Balaban J connectivity index is 2.47. The molecule has 0 aliphatic heterocycles. The zero-order valence-electron chi connectivity index (χ0n) is 12.5. The quantitative estimate of drug-likeness (QED) is 0.863. The van der Waals surface area contributed by atoms with Crippen LogP contribution in [0.3, 0.4) is 0 Å². The van der Waals surface area contributed by atoms with Crippen molar-refractivity contribution >= 4 is 21.8 Å². The van der Waals surface area contributed by atoms with Gasteiger partial charge in [-0.15, -0.1) is 0 Å². The van der Waals surface area contributed by atoms with E-state index in [9.17, 15) is 9.90 Å². The number of rotatable bonds is 5. The van der Waals surface area contributed by atoms with Crippen molar-refractivity contribution < 1.29 is 9.90 Å². The third kappa shape index (κ3) is 6.50. The first-order chi connectivity index (χ1) is 9.17. The van der Waals surface area contributed by atoms with E-state index in [4.69, 9.17) is 0 Å². The number of halogens is 1. The normalized spacial score (nSPS) is 13.3. The lowest BCUT2D eigenvalue weighted by atomic mass is 10.1. The summed E-state index contributed by atoms with van der Waals surface area (Å²) < 4.78 is 0.978. The van der Waals surface area contributed by atoms with Crippen LogP contribution >= 0.6 is 15.9 Å². The second-order valence-corrected chi connectivity index (χ2v) is 6.98. The Kier molecular flexibility index (Phi) is 6.17. The van der Waals surface area contributed by atoms with Gasteiger partial charge in [-0.05, 0) is 45.5 Å². The maximum absolute atomic E-state index is 11.8. The molecule has 1 atom stereocenters. The van der Waals surface area contributed by atoms with E-state index in [1.807, 2.05) is 57.0 Å². The maximum Gasteiger partial charge on any atom is 0.234 e. The van der Waals surface area contributed by atoms with E-state index < -0.39 is 6.10 Å². The molecular formula is C15H23BrN2O2. The molecule has 2 N–H and O–H groups in total. The van der Waals surface area contributed by atoms with Crippen LogP contribution < -0.4 is 5.32 Å². The fourth-order valence-corrected chi connectivity index (χ4v) is 2.12. The van der Waals surface area contributed by atoms with E-state index in [1.165, 1.54) is 0 Å². The molecule has 4 nitrogen and oxygen atoms in total. The second-order valence-electron chi connectivity index (χ2n) is 6.06. The van der Waals surface area contributed by atoms with E-state index in [0.717, 1.165) is 10.0 Å². The Morgan fingerprint density at radius 2 is 1.90 bits per heavy atom. The predicted octanol–water partition coefficient (Wildman–Crippen LogP) is 2.33. The molecule has 0 heterocycles. The minimum absolute atomic E-state index is 0.0389. The van der Waals surface area contributed by atoms with E-state index in [-0.39, 0.29) is 18.0 Å².